The standard InChI is InChI=1S/C26H32N4O3.2ClH/c1-2-33-26(32)27-21-12-11-20-10-9-19-6-3-4-8-23(19)30(24(20)16-21)25(31)18-28-14-15-29-13-5-7-22(29)17-28;;/h3-4,6,8,11-12,16,22H,2,5,7,9-10,13-15,17-18H2,1H3,(H,27,32);2*1H. The van der Waals surface area contributed by atoms with Crippen molar-refractivity contribution < 1.29 is 14.3 Å². The van der Waals surface area contributed by atoms with Crippen LogP contribution in [0.4, 0.5) is 21.9 Å². The lowest BCUT2D eigenvalue weighted by Crippen LogP contribution is -2.52. The predicted octanol–water partition coefficient (Wildman–Crippen LogP) is 4.64. The van der Waals surface area contributed by atoms with Crippen molar-refractivity contribution in [2.24, 2.45) is 0 Å². The van der Waals surface area contributed by atoms with E-state index in [9.17, 15) is 9.59 Å². The molecule has 7 nitrogen and oxygen atoms in total. The van der Waals surface area contributed by atoms with Gasteiger partial charge in [0.15, 0.2) is 0 Å². The topological polar surface area (TPSA) is 65.1 Å². The third-order valence-corrected chi connectivity index (χ3v) is 7.02. The third kappa shape index (κ3) is 5.92. The number of para-hydroxylation sites is 1. The van der Waals surface area contributed by atoms with Gasteiger partial charge in [-0.05, 0) is 68.5 Å². The highest BCUT2D eigenvalue weighted by atomic mass is 35.5. The molecule has 3 aliphatic rings. The zero-order valence-corrected chi connectivity index (χ0v) is 21.7. The fourth-order valence-electron chi connectivity index (χ4n) is 5.42. The maximum absolute atomic E-state index is 13.8. The Morgan fingerprint density at radius 2 is 1.77 bits per heavy atom. The van der Waals surface area contributed by atoms with E-state index >= 15 is 0 Å². The smallest absolute Gasteiger partial charge is 0.411 e. The maximum Gasteiger partial charge on any atom is 0.411 e. The average Bonchev–Trinajstić information content (AvgIpc) is 3.20. The maximum atomic E-state index is 13.8. The monoisotopic (exact) mass is 520 g/mol. The molecule has 9 heteroatoms. The first-order valence-electron chi connectivity index (χ1n) is 12.1. The van der Waals surface area contributed by atoms with Crippen molar-refractivity contribution in [3.8, 4) is 0 Å². The summed E-state index contributed by atoms with van der Waals surface area (Å²) in [4.78, 5) is 32.6. The number of anilines is 3. The lowest BCUT2D eigenvalue weighted by atomic mass is 10.0. The van der Waals surface area contributed by atoms with E-state index in [0.717, 1.165) is 49.4 Å². The van der Waals surface area contributed by atoms with Crippen molar-refractivity contribution in [1.29, 1.82) is 0 Å². The Morgan fingerprint density at radius 1 is 1.00 bits per heavy atom. The molecule has 1 unspecified atom stereocenters. The van der Waals surface area contributed by atoms with Crippen LogP contribution in [0.2, 0.25) is 0 Å². The largest absolute Gasteiger partial charge is 0.450 e. The second kappa shape index (κ2) is 12.1. The summed E-state index contributed by atoms with van der Waals surface area (Å²) in [6.45, 7) is 6.60. The summed E-state index contributed by atoms with van der Waals surface area (Å²) < 4.78 is 5.04. The lowest BCUT2D eigenvalue weighted by molar-refractivity contribution is -0.119. The molecule has 5 rings (SSSR count). The number of benzene rings is 2. The first-order valence-corrected chi connectivity index (χ1v) is 12.1. The molecule has 1 atom stereocenters. The number of carbonyl (C=O) groups is 2. The summed E-state index contributed by atoms with van der Waals surface area (Å²) in [5.41, 5.74) is 4.69. The summed E-state index contributed by atoms with van der Waals surface area (Å²) in [6, 6.07) is 14.5. The molecule has 35 heavy (non-hydrogen) atoms. The Hall–Kier alpha value is -2.32. The zero-order valence-electron chi connectivity index (χ0n) is 20.1. The first-order chi connectivity index (χ1) is 16.1. The summed E-state index contributed by atoms with van der Waals surface area (Å²) in [5.74, 6) is 0.0744. The lowest BCUT2D eigenvalue weighted by Gasteiger charge is -2.38. The normalized spacial score (nSPS) is 19.2. The van der Waals surface area contributed by atoms with Crippen LogP contribution >= 0.6 is 24.8 Å². The molecule has 2 aromatic carbocycles. The van der Waals surface area contributed by atoms with Gasteiger partial charge in [0.05, 0.1) is 24.5 Å². The number of fused-ring (bicyclic) bond motifs is 3. The molecule has 0 radical (unpaired) electrons. The molecule has 0 bridgehead atoms. The highest BCUT2D eigenvalue weighted by Crippen LogP contribution is 2.38. The Kier molecular flexibility index (Phi) is 9.41. The van der Waals surface area contributed by atoms with E-state index < -0.39 is 6.09 Å². The molecule has 3 aliphatic heterocycles. The van der Waals surface area contributed by atoms with Gasteiger partial charge in [-0.1, -0.05) is 24.3 Å². The fraction of sp³-hybridized carbons (Fsp3) is 0.462. The van der Waals surface area contributed by atoms with Crippen LogP contribution in [-0.4, -0.2) is 67.2 Å². The second-order valence-electron chi connectivity index (χ2n) is 9.11. The van der Waals surface area contributed by atoms with Crippen molar-refractivity contribution in [2.75, 3.05) is 49.5 Å². The van der Waals surface area contributed by atoms with Crippen molar-refractivity contribution >= 4 is 53.9 Å². The number of carbonyl (C=O) groups excluding carboxylic acids is 2. The van der Waals surface area contributed by atoms with E-state index in [-0.39, 0.29) is 30.7 Å². The molecule has 0 aliphatic carbocycles. The van der Waals surface area contributed by atoms with Gasteiger partial charge < -0.3 is 4.74 Å². The number of aryl methyl sites for hydroxylation is 2. The van der Waals surface area contributed by atoms with Gasteiger partial charge in [-0.25, -0.2) is 4.79 Å². The minimum Gasteiger partial charge on any atom is -0.450 e. The van der Waals surface area contributed by atoms with Gasteiger partial charge in [0, 0.05) is 31.4 Å². The van der Waals surface area contributed by atoms with E-state index in [4.69, 9.17) is 4.74 Å². The van der Waals surface area contributed by atoms with Gasteiger partial charge in [0.1, 0.15) is 0 Å². The zero-order chi connectivity index (χ0) is 22.8. The molecular formula is C26H34Cl2N4O3. The number of rotatable bonds is 4. The van der Waals surface area contributed by atoms with E-state index in [2.05, 4.69) is 21.2 Å². The molecule has 2 saturated heterocycles. The van der Waals surface area contributed by atoms with Crippen molar-refractivity contribution in [1.82, 2.24) is 9.80 Å². The van der Waals surface area contributed by atoms with Crippen LogP contribution < -0.4 is 10.2 Å². The number of halogens is 2. The van der Waals surface area contributed by atoms with Gasteiger partial charge in [-0.3, -0.25) is 24.8 Å². The number of ether oxygens (including phenoxy) is 1. The van der Waals surface area contributed by atoms with Crippen LogP contribution in [0, 0.1) is 0 Å². The summed E-state index contributed by atoms with van der Waals surface area (Å²) in [7, 11) is 0. The van der Waals surface area contributed by atoms with E-state index in [0.29, 0.717) is 24.9 Å². The highest BCUT2D eigenvalue weighted by Gasteiger charge is 2.33. The van der Waals surface area contributed by atoms with Crippen LogP contribution in [0.1, 0.15) is 30.9 Å². The van der Waals surface area contributed by atoms with Gasteiger partial charge in [-0.2, -0.15) is 0 Å². The average molecular weight is 521 g/mol. The molecule has 0 spiro atoms. The molecular weight excluding hydrogens is 487 g/mol. The molecule has 0 saturated carbocycles. The van der Waals surface area contributed by atoms with Gasteiger partial charge in [-0.15, -0.1) is 24.8 Å². The molecule has 2 aromatic rings. The predicted molar refractivity (Wildman–Crippen MR) is 144 cm³/mol. The van der Waals surface area contributed by atoms with E-state index in [1.54, 1.807) is 6.92 Å². The summed E-state index contributed by atoms with van der Waals surface area (Å²) in [5, 5.41) is 2.79. The van der Waals surface area contributed by atoms with Crippen molar-refractivity contribution in [3.05, 3.63) is 53.6 Å². The molecule has 3 heterocycles. The molecule has 190 valence electrons. The van der Waals surface area contributed by atoms with Gasteiger partial charge in [0.2, 0.25) is 5.91 Å². The van der Waals surface area contributed by atoms with Gasteiger partial charge >= 0.3 is 6.09 Å². The van der Waals surface area contributed by atoms with Crippen LogP contribution in [0.5, 0.6) is 0 Å². The first kappa shape index (κ1) is 27.3. The van der Waals surface area contributed by atoms with E-state index in [1.165, 1.54) is 24.9 Å². The minimum absolute atomic E-state index is 0. The second-order valence-corrected chi connectivity index (χ2v) is 9.11. The van der Waals surface area contributed by atoms with Crippen molar-refractivity contribution in [3.63, 3.8) is 0 Å². The van der Waals surface area contributed by atoms with E-state index in [1.807, 2.05) is 41.3 Å². The Labute approximate surface area is 219 Å². The Morgan fingerprint density at radius 3 is 2.57 bits per heavy atom. The minimum atomic E-state index is -0.487. The molecule has 2 fully saturated rings. The summed E-state index contributed by atoms with van der Waals surface area (Å²) >= 11 is 0. The number of hydrogen-bond acceptors (Lipinski definition) is 5. The van der Waals surface area contributed by atoms with Crippen LogP contribution in [0.25, 0.3) is 0 Å². The number of piperazine rings is 1. The van der Waals surface area contributed by atoms with Crippen LogP contribution in [0.15, 0.2) is 42.5 Å². The molecule has 1 N–H and O–H groups in total. The summed E-state index contributed by atoms with van der Waals surface area (Å²) in [6.07, 6.45) is 3.71. The quantitative estimate of drug-likeness (QED) is 0.635. The van der Waals surface area contributed by atoms with Crippen LogP contribution in [0.3, 0.4) is 0 Å². The van der Waals surface area contributed by atoms with Gasteiger partial charge in [0.25, 0.3) is 0 Å². The Bertz CT molecular complexity index is 1050. The number of amides is 2. The number of nitrogens with zero attached hydrogens (tertiary/aromatic N) is 3. The molecule has 0 aromatic heterocycles. The van der Waals surface area contributed by atoms with Crippen molar-refractivity contribution in [2.45, 2.75) is 38.6 Å². The SMILES string of the molecule is CCOC(=O)Nc1ccc2c(c1)N(C(=O)CN1CCN3CCCC3C1)c1ccccc1CC2.Cl.Cl. The fourth-order valence-corrected chi connectivity index (χ4v) is 5.42. The third-order valence-electron chi connectivity index (χ3n) is 7.02. The van der Waals surface area contributed by atoms with Crippen LogP contribution in [-0.2, 0) is 22.4 Å². The molecule has 2 amide bonds. The number of hydrogen-bond donors (Lipinski definition) is 1. The number of nitrogens with one attached hydrogen (secondary N) is 1. The highest BCUT2D eigenvalue weighted by molar-refractivity contribution is 6.04. The Balaban J connectivity index is 0.00000171.